The number of azide groups is 1. The van der Waals surface area contributed by atoms with Crippen molar-refractivity contribution >= 4 is 0 Å². The van der Waals surface area contributed by atoms with Crippen LogP contribution < -0.4 is 0 Å². The molecule has 0 aliphatic heterocycles. The lowest BCUT2D eigenvalue weighted by atomic mass is 9.87. The second-order valence-electron chi connectivity index (χ2n) is 3.82. The molecule has 2 rings (SSSR count). The van der Waals surface area contributed by atoms with E-state index < -0.39 is 0 Å². The zero-order valence-corrected chi connectivity index (χ0v) is 8.27. The Hall–Kier alpha value is -1.47. The molecule has 0 unspecified atom stereocenters. The molecule has 0 fully saturated rings. The maximum absolute atomic E-state index is 8.46. The molecule has 14 heavy (non-hydrogen) atoms. The molecule has 0 saturated carbocycles. The first-order valence-electron chi connectivity index (χ1n) is 4.95. The molecular weight excluding hydrogens is 174 g/mol. The van der Waals surface area contributed by atoms with Gasteiger partial charge in [0.2, 0.25) is 0 Å². The third-order valence-corrected chi connectivity index (χ3v) is 2.77. The van der Waals surface area contributed by atoms with E-state index in [1.54, 1.807) is 0 Å². The van der Waals surface area contributed by atoms with Crippen LogP contribution in [0.25, 0.3) is 10.4 Å². The van der Waals surface area contributed by atoms with E-state index in [9.17, 15) is 0 Å². The summed E-state index contributed by atoms with van der Waals surface area (Å²) < 4.78 is 0. The summed E-state index contributed by atoms with van der Waals surface area (Å²) in [5.41, 5.74) is 12.3. The van der Waals surface area contributed by atoms with E-state index in [1.165, 1.54) is 16.7 Å². The van der Waals surface area contributed by atoms with E-state index in [-0.39, 0.29) is 6.04 Å². The Morgan fingerprint density at radius 1 is 1.50 bits per heavy atom. The number of hydrogen-bond acceptors (Lipinski definition) is 1. The zero-order chi connectivity index (χ0) is 9.97. The van der Waals surface area contributed by atoms with Gasteiger partial charge in [0, 0.05) is 4.91 Å². The van der Waals surface area contributed by atoms with Crippen molar-refractivity contribution in [2.24, 2.45) is 5.11 Å². The van der Waals surface area contributed by atoms with E-state index in [0.717, 1.165) is 19.3 Å². The maximum atomic E-state index is 8.46. The Bertz CT molecular complexity index is 392. The fraction of sp³-hybridized carbons (Fsp3) is 0.455. The Morgan fingerprint density at radius 3 is 3.14 bits per heavy atom. The first kappa shape index (κ1) is 9.10. The van der Waals surface area contributed by atoms with Crippen LogP contribution in [0.4, 0.5) is 0 Å². The van der Waals surface area contributed by atoms with E-state index in [4.69, 9.17) is 5.53 Å². The van der Waals surface area contributed by atoms with Crippen molar-refractivity contribution in [2.45, 2.75) is 32.2 Å². The molecule has 0 aromatic heterocycles. The number of rotatable bonds is 1. The highest BCUT2D eigenvalue weighted by atomic mass is 15.1. The molecule has 0 N–H and O–H groups in total. The lowest BCUT2D eigenvalue weighted by molar-refractivity contribution is 0.568. The molecule has 0 spiro atoms. The van der Waals surface area contributed by atoms with E-state index >= 15 is 0 Å². The first-order valence-corrected chi connectivity index (χ1v) is 4.95. The summed E-state index contributed by atoms with van der Waals surface area (Å²) in [4.78, 5) is 2.91. The molecule has 1 aliphatic carbocycles. The van der Waals surface area contributed by atoms with Crippen LogP contribution in [0, 0.1) is 6.92 Å². The van der Waals surface area contributed by atoms with Crippen molar-refractivity contribution in [3.05, 3.63) is 45.3 Å². The predicted molar refractivity (Wildman–Crippen MR) is 56.0 cm³/mol. The molecule has 0 saturated heterocycles. The summed E-state index contributed by atoms with van der Waals surface area (Å²) in [5.74, 6) is 0. The monoisotopic (exact) mass is 187 g/mol. The van der Waals surface area contributed by atoms with Gasteiger partial charge in [0.15, 0.2) is 0 Å². The lowest BCUT2D eigenvalue weighted by Gasteiger charge is -2.21. The molecule has 0 heterocycles. The maximum Gasteiger partial charge on any atom is 0.0628 e. The van der Waals surface area contributed by atoms with E-state index in [1.807, 2.05) is 0 Å². The van der Waals surface area contributed by atoms with Gasteiger partial charge in [0.25, 0.3) is 0 Å². The zero-order valence-electron chi connectivity index (χ0n) is 8.27. The standard InChI is InChI=1S/C11H13N3/c1-8-5-6-10-9(7-8)3-2-4-11(10)13-14-12/h5-7,11H,2-4H2,1H3/t11-/m1/s1. The van der Waals surface area contributed by atoms with Gasteiger partial charge in [-0.25, -0.2) is 0 Å². The fourth-order valence-corrected chi connectivity index (χ4v) is 2.10. The molecule has 0 amide bonds. The van der Waals surface area contributed by atoms with Crippen molar-refractivity contribution in [3.63, 3.8) is 0 Å². The molecule has 1 atom stereocenters. The van der Waals surface area contributed by atoms with Gasteiger partial charge in [-0.05, 0) is 42.8 Å². The van der Waals surface area contributed by atoms with Gasteiger partial charge in [-0.15, -0.1) is 0 Å². The summed E-state index contributed by atoms with van der Waals surface area (Å²) in [7, 11) is 0. The Labute approximate surface area is 83.4 Å². The average molecular weight is 187 g/mol. The van der Waals surface area contributed by atoms with Crippen LogP contribution in [0.3, 0.4) is 0 Å². The summed E-state index contributed by atoms with van der Waals surface area (Å²) in [6, 6.07) is 6.45. The number of benzene rings is 1. The minimum absolute atomic E-state index is 0.0596. The molecule has 3 nitrogen and oxygen atoms in total. The summed E-state index contributed by atoms with van der Waals surface area (Å²) in [6.07, 6.45) is 3.23. The van der Waals surface area contributed by atoms with E-state index in [2.05, 4.69) is 35.1 Å². The molecule has 72 valence electrons. The quantitative estimate of drug-likeness (QED) is 0.366. The van der Waals surface area contributed by atoms with Crippen molar-refractivity contribution in [3.8, 4) is 0 Å². The summed E-state index contributed by atoms with van der Waals surface area (Å²) in [5, 5.41) is 3.84. The normalized spacial score (nSPS) is 19.6. The largest absolute Gasteiger partial charge is 0.0859 e. The third kappa shape index (κ3) is 1.59. The van der Waals surface area contributed by atoms with Crippen LogP contribution in [0.5, 0.6) is 0 Å². The van der Waals surface area contributed by atoms with Crippen LogP contribution in [-0.4, -0.2) is 0 Å². The predicted octanol–water partition coefficient (Wildman–Crippen LogP) is 3.68. The van der Waals surface area contributed by atoms with Gasteiger partial charge in [-0.1, -0.05) is 28.9 Å². The second kappa shape index (κ2) is 3.72. The van der Waals surface area contributed by atoms with Crippen LogP contribution in [0.2, 0.25) is 0 Å². The van der Waals surface area contributed by atoms with Gasteiger partial charge in [-0.2, -0.15) is 0 Å². The van der Waals surface area contributed by atoms with Crippen LogP contribution in [-0.2, 0) is 6.42 Å². The van der Waals surface area contributed by atoms with Crippen molar-refractivity contribution in [2.75, 3.05) is 0 Å². The topological polar surface area (TPSA) is 48.8 Å². The number of nitrogens with zero attached hydrogens (tertiary/aromatic N) is 3. The smallest absolute Gasteiger partial charge is 0.0628 e. The highest BCUT2D eigenvalue weighted by Crippen LogP contribution is 2.32. The first-order chi connectivity index (χ1) is 6.81. The molecule has 1 aliphatic rings. The van der Waals surface area contributed by atoms with Crippen molar-refractivity contribution < 1.29 is 0 Å². The van der Waals surface area contributed by atoms with Crippen LogP contribution in [0.1, 0.15) is 35.6 Å². The summed E-state index contributed by atoms with van der Waals surface area (Å²) in [6.45, 7) is 2.09. The molecule has 3 heteroatoms. The average Bonchev–Trinajstić information content (AvgIpc) is 2.18. The number of aryl methyl sites for hydroxylation is 2. The fourth-order valence-electron chi connectivity index (χ4n) is 2.10. The third-order valence-electron chi connectivity index (χ3n) is 2.77. The van der Waals surface area contributed by atoms with Crippen LogP contribution in [0.15, 0.2) is 23.3 Å². The second-order valence-corrected chi connectivity index (χ2v) is 3.82. The molecule has 0 radical (unpaired) electrons. The Kier molecular flexibility index (Phi) is 2.42. The molecule has 0 bridgehead atoms. The molecular formula is C11H13N3. The van der Waals surface area contributed by atoms with Gasteiger partial charge >= 0.3 is 0 Å². The van der Waals surface area contributed by atoms with Gasteiger partial charge in [0.05, 0.1) is 6.04 Å². The Balaban J connectivity index is 2.44. The minimum atomic E-state index is 0.0596. The molecule has 1 aromatic rings. The Morgan fingerprint density at radius 2 is 2.36 bits per heavy atom. The van der Waals surface area contributed by atoms with Crippen molar-refractivity contribution in [1.29, 1.82) is 0 Å². The SMILES string of the molecule is Cc1ccc2c(c1)CCC[C@H]2N=[N+]=[N-]. The van der Waals surface area contributed by atoms with Gasteiger partial charge in [-0.3, -0.25) is 0 Å². The lowest BCUT2D eigenvalue weighted by Crippen LogP contribution is -2.07. The van der Waals surface area contributed by atoms with Gasteiger partial charge in [0.1, 0.15) is 0 Å². The van der Waals surface area contributed by atoms with E-state index in [0.29, 0.717) is 0 Å². The summed E-state index contributed by atoms with van der Waals surface area (Å²) >= 11 is 0. The van der Waals surface area contributed by atoms with Crippen LogP contribution >= 0.6 is 0 Å². The number of fused-ring (bicyclic) bond motifs is 1. The molecule has 1 aromatic carbocycles. The number of hydrogen-bond donors (Lipinski definition) is 0. The highest BCUT2D eigenvalue weighted by molar-refractivity contribution is 5.35. The highest BCUT2D eigenvalue weighted by Gasteiger charge is 2.18. The van der Waals surface area contributed by atoms with Gasteiger partial charge < -0.3 is 0 Å². The minimum Gasteiger partial charge on any atom is -0.0859 e. The van der Waals surface area contributed by atoms with Crippen molar-refractivity contribution in [1.82, 2.24) is 0 Å².